The normalized spacial score (nSPS) is 36.2. The zero-order valence-corrected chi connectivity index (χ0v) is 28.4. The smallest absolute Gasteiger partial charge is 0.338 e. The Bertz CT molecular complexity index is 1670. The fourth-order valence-corrected chi connectivity index (χ4v) is 8.88. The van der Waals surface area contributed by atoms with Gasteiger partial charge in [0.15, 0.2) is 11.4 Å². The third-order valence-electron chi connectivity index (χ3n) is 11.7. The van der Waals surface area contributed by atoms with Crippen molar-refractivity contribution >= 4 is 23.7 Å². The molecule has 6 rings (SSSR count). The summed E-state index contributed by atoms with van der Waals surface area (Å²) in [5.41, 5.74) is -5.55. The molecule has 11 heteroatoms. The number of aliphatic hydroxyl groups excluding tert-OH is 2. The lowest BCUT2D eigenvalue weighted by Gasteiger charge is -2.67. The summed E-state index contributed by atoms with van der Waals surface area (Å²) >= 11 is 0. The fourth-order valence-electron chi connectivity index (χ4n) is 8.88. The zero-order chi connectivity index (χ0) is 35.5. The average molecular weight is 677 g/mol. The van der Waals surface area contributed by atoms with Crippen molar-refractivity contribution in [1.29, 1.82) is 0 Å². The molecule has 0 spiro atoms. The van der Waals surface area contributed by atoms with E-state index in [9.17, 15) is 34.5 Å². The van der Waals surface area contributed by atoms with Crippen LogP contribution in [-0.2, 0) is 39.8 Å². The van der Waals surface area contributed by atoms with Crippen molar-refractivity contribution in [1.82, 2.24) is 0 Å². The number of aryl methyl sites for hydroxylation is 1. The molecule has 0 aromatic heterocycles. The number of rotatable bonds is 7. The molecule has 2 aromatic rings. The first-order valence-corrected chi connectivity index (χ1v) is 16.7. The predicted octanol–water partition coefficient (Wildman–Crippen LogP) is 3.27. The van der Waals surface area contributed by atoms with Gasteiger partial charge in [0.2, 0.25) is 0 Å². The summed E-state index contributed by atoms with van der Waals surface area (Å²) in [5.74, 6) is -4.29. The van der Waals surface area contributed by atoms with Gasteiger partial charge in [0, 0.05) is 31.6 Å². The molecule has 0 unspecified atom stereocenters. The van der Waals surface area contributed by atoms with Crippen LogP contribution in [0.3, 0.4) is 0 Å². The fraction of sp³-hybridized carbons (Fsp3) is 0.526. The lowest BCUT2D eigenvalue weighted by Crippen LogP contribution is -2.81. The second-order valence-corrected chi connectivity index (χ2v) is 14.6. The van der Waals surface area contributed by atoms with Crippen LogP contribution in [-0.4, -0.2) is 87.3 Å². The summed E-state index contributed by atoms with van der Waals surface area (Å²) in [4.78, 5) is 54.7. The standard InChI is InChI=1S/C38H44O11/c1-21-25(47-28(41)17-16-23-12-8-6-9-13-23)19-38(45)33(48-34(44)24-14-10-7-11-15-24)31-36(5,32(43)30(42)29(21)35(38,3)4)26(40)18-27-37(31,20-46-27)49-22(2)39/h6-15,25-27,30-31,33,40,42,45H,16-20H2,1-5H3/t25-,26-,27+,30+,31-,33-,36+,37-,38-/m0/s1. The van der Waals surface area contributed by atoms with Crippen molar-refractivity contribution < 1.29 is 53.4 Å². The molecule has 3 N–H and O–H groups in total. The molecule has 262 valence electrons. The predicted molar refractivity (Wildman–Crippen MR) is 174 cm³/mol. The molecule has 4 aliphatic rings. The number of ether oxygens (including phenoxy) is 4. The summed E-state index contributed by atoms with van der Waals surface area (Å²) in [6, 6.07) is 17.5. The SMILES string of the molecule is CC(=O)O[C@@]12CO[C@@H]1C[C@H](O)[C@@]1(C)C(=O)[C@H](O)C3=C(C)[C@@H](OC(=O)CCc4ccccc4)C[C@](O)([C@@H](OC(=O)c4ccccc4)[C@H]21)C3(C)C. The Morgan fingerprint density at radius 2 is 1.59 bits per heavy atom. The van der Waals surface area contributed by atoms with Crippen LogP contribution in [0.2, 0.25) is 0 Å². The van der Waals surface area contributed by atoms with E-state index in [0.717, 1.165) is 5.56 Å². The number of hydrogen-bond donors (Lipinski definition) is 3. The Kier molecular flexibility index (Phi) is 8.88. The summed E-state index contributed by atoms with van der Waals surface area (Å²) < 4.78 is 24.1. The van der Waals surface area contributed by atoms with Crippen molar-refractivity contribution in [2.24, 2.45) is 16.7 Å². The molecule has 0 amide bonds. The van der Waals surface area contributed by atoms with Crippen LogP contribution < -0.4 is 0 Å². The molecule has 3 fully saturated rings. The van der Waals surface area contributed by atoms with Gasteiger partial charge in [-0.2, -0.15) is 0 Å². The van der Waals surface area contributed by atoms with Crippen molar-refractivity contribution in [3.63, 3.8) is 0 Å². The number of fused-ring (bicyclic) bond motifs is 5. The van der Waals surface area contributed by atoms with Crippen LogP contribution in [0.25, 0.3) is 0 Å². The molecule has 2 aromatic carbocycles. The van der Waals surface area contributed by atoms with Crippen molar-refractivity contribution in [3.05, 3.63) is 82.9 Å². The molecule has 2 bridgehead atoms. The van der Waals surface area contributed by atoms with Crippen LogP contribution in [0.1, 0.15) is 69.8 Å². The molecule has 1 heterocycles. The van der Waals surface area contributed by atoms with Gasteiger partial charge in [-0.3, -0.25) is 14.4 Å². The average Bonchev–Trinajstić information content (AvgIpc) is 3.06. The molecular formula is C38H44O11. The Morgan fingerprint density at radius 1 is 0.959 bits per heavy atom. The molecule has 49 heavy (non-hydrogen) atoms. The second-order valence-electron chi connectivity index (χ2n) is 14.6. The van der Waals surface area contributed by atoms with E-state index in [1.165, 1.54) is 26.0 Å². The zero-order valence-electron chi connectivity index (χ0n) is 28.4. The van der Waals surface area contributed by atoms with Crippen LogP contribution in [0.15, 0.2) is 71.8 Å². The quantitative estimate of drug-likeness (QED) is 0.224. The minimum Gasteiger partial charge on any atom is -0.458 e. The van der Waals surface area contributed by atoms with Crippen LogP contribution in [0.5, 0.6) is 0 Å². The maximum absolute atomic E-state index is 14.7. The van der Waals surface area contributed by atoms with Gasteiger partial charge in [-0.25, -0.2) is 4.79 Å². The van der Waals surface area contributed by atoms with Gasteiger partial charge in [0.25, 0.3) is 0 Å². The van der Waals surface area contributed by atoms with Crippen molar-refractivity contribution in [3.8, 4) is 0 Å². The minimum absolute atomic E-state index is 0.0281. The first-order valence-electron chi connectivity index (χ1n) is 16.7. The Hall–Kier alpha value is -3.90. The molecule has 9 atom stereocenters. The van der Waals surface area contributed by atoms with Gasteiger partial charge >= 0.3 is 17.9 Å². The van der Waals surface area contributed by atoms with Gasteiger partial charge in [-0.05, 0) is 49.1 Å². The highest BCUT2D eigenvalue weighted by molar-refractivity contribution is 5.94. The number of Topliss-reactive ketones (excluding diaryl/α,β-unsaturated/α-hetero) is 1. The molecule has 1 saturated heterocycles. The number of benzene rings is 2. The van der Waals surface area contributed by atoms with Crippen molar-refractivity contribution in [2.45, 2.75) is 102 Å². The molecule has 1 aliphatic heterocycles. The van der Waals surface area contributed by atoms with E-state index in [1.807, 2.05) is 30.3 Å². The summed E-state index contributed by atoms with van der Waals surface area (Å²) in [5, 5.41) is 37.0. The molecule has 11 nitrogen and oxygen atoms in total. The number of carbonyl (C=O) groups is 4. The number of carbonyl (C=O) groups excluding carboxylic acids is 4. The van der Waals surface area contributed by atoms with Gasteiger partial charge in [0.05, 0.1) is 29.6 Å². The van der Waals surface area contributed by atoms with Crippen LogP contribution >= 0.6 is 0 Å². The number of aliphatic hydroxyl groups is 3. The number of esters is 3. The first kappa shape index (κ1) is 34.9. The largest absolute Gasteiger partial charge is 0.458 e. The molecule has 0 radical (unpaired) electrons. The highest BCUT2D eigenvalue weighted by Crippen LogP contribution is 2.64. The molecule has 3 aliphatic carbocycles. The van der Waals surface area contributed by atoms with E-state index < -0.39 is 82.2 Å². The minimum atomic E-state index is -2.14. The highest BCUT2D eigenvalue weighted by atomic mass is 16.6. The summed E-state index contributed by atoms with van der Waals surface area (Å²) in [6.45, 7) is 7.35. The second kappa shape index (κ2) is 12.5. The van der Waals surface area contributed by atoms with Crippen molar-refractivity contribution in [2.75, 3.05) is 6.61 Å². The first-order chi connectivity index (χ1) is 23.1. The summed E-state index contributed by atoms with van der Waals surface area (Å²) in [6.07, 6.45) is -6.91. The van der Waals surface area contributed by atoms with E-state index >= 15 is 0 Å². The van der Waals surface area contributed by atoms with Crippen LogP contribution in [0, 0.1) is 16.7 Å². The Morgan fingerprint density at radius 3 is 2.18 bits per heavy atom. The monoisotopic (exact) mass is 676 g/mol. The third kappa shape index (κ3) is 5.42. The third-order valence-corrected chi connectivity index (χ3v) is 11.7. The maximum atomic E-state index is 14.7. The lowest BCUT2D eigenvalue weighted by molar-refractivity contribution is -0.345. The van der Waals surface area contributed by atoms with Crippen LogP contribution in [0.4, 0.5) is 0 Å². The molecule has 2 saturated carbocycles. The van der Waals surface area contributed by atoms with E-state index in [0.29, 0.717) is 12.0 Å². The topological polar surface area (TPSA) is 166 Å². The maximum Gasteiger partial charge on any atom is 0.338 e. The molecular weight excluding hydrogens is 632 g/mol. The van der Waals surface area contributed by atoms with Gasteiger partial charge in [-0.1, -0.05) is 62.4 Å². The van der Waals surface area contributed by atoms with E-state index in [-0.39, 0.29) is 37.0 Å². The Balaban J connectivity index is 1.51. The lowest BCUT2D eigenvalue weighted by atomic mass is 9.44. The van der Waals surface area contributed by atoms with E-state index in [1.54, 1.807) is 39.0 Å². The summed E-state index contributed by atoms with van der Waals surface area (Å²) in [7, 11) is 0. The highest BCUT2D eigenvalue weighted by Gasteiger charge is 2.78. The van der Waals surface area contributed by atoms with E-state index in [4.69, 9.17) is 18.9 Å². The van der Waals surface area contributed by atoms with Gasteiger partial charge < -0.3 is 34.3 Å². The van der Waals surface area contributed by atoms with E-state index in [2.05, 4.69) is 0 Å². The van der Waals surface area contributed by atoms with Gasteiger partial charge in [0.1, 0.15) is 30.0 Å². The number of hydrogen-bond acceptors (Lipinski definition) is 11. The Labute approximate surface area is 285 Å². The number of ketones is 1. The van der Waals surface area contributed by atoms with Gasteiger partial charge in [-0.15, -0.1) is 0 Å².